The number of nitrogens with zero attached hydrogens (tertiary/aromatic N) is 2. The summed E-state index contributed by atoms with van der Waals surface area (Å²) in [6, 6.07) is 18.7. The van der Waals surface area contributed by atoms with E-state index in [4.69, 9.17) is 4.98 Å². The van der Waals surface area contributed by atoms with Crippen LogP contribution in [0.1, 0.15) is 99.1 Å². The fourth-order valence-corrected chi connectivity index (χ4v) is 7.34. The molecule has 0 aliphatic rings. The van der Waals surface area contributed by atoms with Gasteiger partial charge in [0.05, 0.1) is 10.5 Å². The van der Waals surface area contributed by atoms with Crippen molar-refractivity contribution >= 4 is 38.0 Å². The first-order chi connectivity index (χ1) is 22.9. The number of carbonyl (C=O) groups excluding carboxylic acids is 1. The normalized spacial score (nSPS) is 12.0. The average Bonchev–Trinajstić information content (AvgIpc) is 3.47. The van der Waals surface area contributed by atoms with Crippen LogP contribution in [-0.4, -0.2) is 20.9 Å². The van der Waals surface area contributed by atoms with Gasteiger partial charge in [-0.2, -0.15) is 0 Å². The molecule has 0 saturated carbocycles. The van der Waals surface area contributed by atoms with Crippen LogP contribution in [0.25, 0.3) is 43.2 Å². The molecule has 0 amide bonds. The molecule has 3 heterocycles. The molecule has 0 bridgehead atoms. The molecule has 0 fully saturated rings. The van der Waals surface area contributed by atoms with Crippen LogP contribution < -0.4 is 0 Å². The zero-order chi connectivity index (χ0) is 35.0. The van der Waals surface area contributed by atoms with Crippen LogP contribution >= 0.6 is 11.3 Å². The molecule has 0 aliphatic carbocycles. The fraction of sp³-hybridized carbons (Fsp3) is 0.419. The monoisotopic (exact) mass is 854 g/mol. The van der Waals surface area contributed by atoms with E-state index in [2.05, 4.69) is 93.5 Å². The zero-order valence-corrected chi connectivity index (χ0v) is 33.9. The first-order valence-corrected chi connectivity index (χ1v) is 18.5. The molecule has 5 aromatic rings. The van der Waals surface area contributed by atoms with Crippen LogP contribution in [0.4, 0.5) is 0 Å². The molecule has 6 heteroatoms. The third kappa shape index (κ3) is 9.96. The maximum atomic E-state index is 11.7. The predicted molar refractivity (Wildman–Crippen MR) is 206 cm³/mol. The number of rotatable bonds is 11. The molecule has 5 rings (SSSR count). The molecule has 263 valence electrons. The predicted octanol–water partition coefficient (Wildman–Crippen LogP) is 12.3. The van der Waals surface area contributed by atoms with Crippen molar-refractivity contribution in [1.82, 2.24) is 9.97 Å². The van der Waals surface area contributed by atoms with Gasteiger partial charge >= 0.3 is 0 Å². The van der Waals surface area contributed by atoms with Gasteiger partial charge in [0.1, 0.15) is 0 Å². The molecule has 1 N–H and O–H groups in total. The quantitative estimate of drug-likeness (QED) is 0.0817. The van der Waals surface area contributed by atoms with Crippen molar-refractivity contribution in [3.8, 4) is 22.4 Å². The summed E-state index contributed by atoms with van der Waals surface area (Å²) in [5.74, 6) is 1.16. The summed E-state index contributed by atoms with van der Waals surface area (Å²) in [5.41, 5.74) is 7.08. The van der Waals surface area contributed by atoms with E-state index in [0.717, 1.165) is 54.3 Å². The summed E-state index contributed by atoms with van der Waals surface area (Å²) in [6.45, 7) is 19.4. The molecule has 0 saturated heterocycles. The van der Waals surface area contributed by atoms with Gasteiger partial charge in [-0.05, 0) is 66.0 Å². The van der Waals surface area contributed by atoms with Crippen LogP contribution in [0.5, 0.6) is 0 Å². The smallest absolute Gasteiger partial charge is 0.162 e. The van der Waals surface area contributed by atoms with Crippen LogP contribution in [0.15, 0.2) is 78.3 Å². The maximum absolute atomic E-state index is 11.7. The van der Waals surface area contributed by atoms with Gasteiger partial charge in [-0.1, -0.05) is 97.5 Å². The number of carbonyl (C=O) groups is 1. The van der Waals surface area contributed by atoms with Crippen molar-refractivity contribution in [2.24, 2.45) is 17.8 Å². The molecule has 0 atom stereocenters. The summed E-state index contributed by atoms with van der Waals surface area (Å²) < 4.78 is 1.24. The van der Waals surface area contributed by atoms with Crippen LogP contribution in [0, 0.1) is 23.8 Å². The van der Waals surface area contributed by atoms with Crippen molar-refractivity contribution in [2.75, 3.05) is 0 Å². The first-order valence-electron chi connectivity index (χ1n) is 17.6. The van der Waals surface area contributed by atoms with E-state index in [1.54, 1.807) is 11.3 Å². The second-order valence-corrected chi connectivity index (χ2v) is 15.2. The van der Waals surface area contributed by atoms with Crippen molar-refractivity contribution < 1.29 is 30.0 Å². The Morgan fingerprint density at radius 1 is 0.959 bits per heavy atom. The molecular formula is C43H53IrN2O2S-. The number of allylic oxidation sites excluding steroid dienone is 2. The maximum Gasteiger partial charge on any atom is 0.162 e. The summed E-state index contributed by atoms with van der Waals surface area (Å²) in [5, 5.41) is 15.8. The van der Waals surface area contributed by atoms with E-state index >= 15 is 0 Å². The summed E-state index contributed by atoms with van der Waals surface area (Å²) >= 11 is 1.79. The van der Waals surface area contributed by atoms with Gasteiger partial charge in [0.25, 0.3) is 0 Å². The molecular weight excluding hydrogens is 801 g/mol. The number of ketones is 1. The number of hydrogen-bond donors (Lipinski definition) is 1. The number of benzene rings is 2. The Kier molecular flexibility index (Phi) is 14.9. The average molecular weight is 854 g/mol. The molecule has 0 unspecified atom stereocenters. The van der Waals surface area contributed by atoms with Crippen molar-refractivity contribution in [1.29, 1.82) is 0 Å². The Balaban J connectivity index is 0.000000347. The number of pyridine rings is 2. The fourth-order valence-electron chi connectivity index (χ4n) is 6.38. The Hall–Kier alpha value is -3.18. The van der Waals surface area contributed by atoms with Gasteiger partial charge in [0, 0.05) is 73.3 Å². The first kappa shape index (κ1) is 40.3. The largest absolute Gasteiger partial charge is 0.512 e. The molecule has 3 aromatic heterocycles. The summed E-state index contributed by atoms with van der Waals surface area (Å²) in [4.78, 5) is 21.0. The minimum atomic E-state index is 0. The van der Waals surface area contributed by atoms with Gasteiger partial charge in [-0.3, -0.25) is 14.8 Å². The van der Waals surface area contributed by atoms with E-state index in [0.29, 0.717) is 5.92 Å². The second kappa shape index (κ2) is 18.2. The molecule has 0 spiro atoms. The van der Waals surface area contributed by atoms with E-state index in [9.17, 15) is 9.90 Å². The van der Waals surface area contributed by atoms with Crippen molar-refractivity contribution in [2.45, 2.75) is 99.8 Å². The summed E-state index contributed by atoms with van der Waals surface area (Å²) in [7, 11) is 0. The number of aliphatic hydroxyl groups is 1. The van der Waals surface area contributed by atoms with E-state index in [1.165, 1.54) is 38.2 Å². The van der Waals surface area contributed by atoms with Gasteiger partial charge in [-0.25, -0.2) is 0 Å². The Bertz CT molecular complexity index is 1860. The van der Waals surface area contributed by atoms with E-state index < -0.39 is 0 Å². The Labute approximate surface area is 311 Å². The summed E-state index contributed by atoms with van der Waals surface area (Å²) in [6.07, 6.45) is 11.9. The molecule has 1 radical (unpaired) electrons. The van der Waals surface area contributed by atoms with Crippen molar-refractivity contribution in [3.63, 3.8) is 0 Å². The van der Waals surface area contributed by atoms with Crippen molar-refractivity contribution in [3.05, 3.63) is 95.5 Å². The number of fused-ring (bicyclic) bond motifs is 2. The standard InChI is InChI=1S/C30H29N2S.C13H24O2.Ir/c1-19(2)12-23-18-33-28-17-31-16-25(29(23)28)21-10-11-32-27(15-21)22-13-20-8-6-7-9-24(20)26(14-22)30(3,4)5;1-5-10(6-2)12(14)9-13(15)11(7-3)8-4;/h6-11,14-19H,12H2,1-5H3;9-11,14H,5-8H2,1-4H3;/q-1;;/b;12-9-;. The van der Waals surface area contributed by atoms with E-state index in [1.807, 2.05) is 46.3 Å². The Morgan fingerprint density at radius 3 is 2.27 bits per heavy atom. The van der Waals surface area contributed by atoms with Gasteiger partial charge in [-0.15, -0.1) is 40.5 Å². The molecule has 2 aromatic carbocycles. The second-order valence-electron chi connectivity index (χ2n) is 14.2. The third-order valence-electron chi connectivity index (χ3n) is 9.20. The van der Waals surface area contributed by atoms with Gasteiger partial charge in [0.15, 0.2) is 5.78 Å². The number of aliphatic hydroxyl groups excluding tert-OH is 1. The van der Waals surface area contributed by atoms with Crippen LogP contribution in [0.2, 0.25) is 0 Å². The van der Waals surface area contributed by atoms with Gasteiger partial charge in [0.2, 0.25) is 0 Å². The molecule has 4 nitrogen and oxygen atoms in total. The van der Waals surface area contributed by atoms with Crippen LogP contribution in [0.3, 0.4) is 0 Å². The number of thiophene rings is 1. The minimum Gasteiger partial charge on any atom is -0.512 e. The molecule has 49 heavy (non-hydrogen) atoms. The molecule has 0 aliphatic heterocycles. The van der Waals surface area contributed by atoms with E-state index in [-0.39, 0.29) is 48.9 Å². The number of hydrogen-bond acceptors (Lipinski definition) is 5. The topological polar surface area (TPSA) is 63.1 Å². The minimum absolute atomic E-state index is 0. The Morgan fingerprint density at radius 2 is 1.63 bits per heavy atom. The van der Waals surface area contributed by atoms with Gasteiger partial charge < -0.3 is 5.11 Å². The SMILES string of the molecule is CC(C)Cc1csc2cncc(-c3ccnc(-c4[c-]c5ccccc5c(C(C)(C)C)c4)c3)c12.CCC(CC)C(=O)/C=C(\O)C(CC)CC.[Ir]. The van der Waals surface area contributed by atoms with Crippen LogP contribution in [-0.2, 0) is 36.7 Å². The third-order valence-corrected chi connectivity index (χ3v) is 10.2. The zero-order valence-electron chi connectivity index (χ0n) is 30.7. The number of aromatic nitrogens is 2.